The fraction of sp³-hybridized carbons (Fsp3) is 0.764. The van der Waals surface area contributed by atoms with Gasteiger partial charge in [-0.1, -0.05) is 324 Å². The fourth-order valence-corrected chi connectivity index (χ4v) is 9.66. The highest BCUT2D eigenvalue weighted by Gasteiger charge is 2.19. The Hall–Kier alpha value is -3.41. The molecule has 0 bridgehead atoms. The molecular formula is C72H126O6. The average Bonchev–Trinajstić information content (AvgIpc) is 3.44. The molecule has 0 saturated heterocycles. The van der Waals surface area contributed by atoms with Crippen LogP contribution >= 0.6 is 0 Å². The maximum absolute atomic E-state index is 12.9. The molecule has 0 radical (unpaired) electrons. The van der Waals surface area contributed by atoms with Crippen molar-refractivity contribution >= 4 is 17.9 Å². The van der Waals surface area contributed by atoms with Crippen LogP contribution in [0.15, 0.2) is 85.1 Å². The Kier molecular flexibility index (Phi) is 63.2. The van der Waals surface area contributed by atoms with E-state index in [9.17, 15) is 14.4 Å². The summed E-state index contributed by atoms with van der Waals surface area (Å²) in [7, 11) is 0. The van der Waals surface area contributed by atoms with Gasteiger partial charge in [-0.15, -0.1) is 0 Å². The van der Waals surface area contributed by atoms with E-state index in [1.54, 1.807) is 0 Å². The van der Waals surface area contributed by atoms with Gasteiger partial charge in [0.1, 0.15) is 13.2 Å². The number of carbonyl (C=O) groups excluding carboxylic acids is 3. The molecule has 78 heavy (non-hydrogen) atoms. The summed E-state index contributed by atoms with van der Waals surface area (Å²) in [6.07, 6.45) is 87.7. The number of unbranched alkanes of at least 4 members (excludes halogenated alkanes) is 36. The quantitative estimate of drug-likeness (QED) is 0.0261. The number of carbonyl (C=O) groups is 3. The smallest absolute Gasteiger partial charge is 0.306 e. The molecule has 0 saturated carbocycles. The number of allylic oxidation sites excluding steroid dienone is 14. The number of hydrogen-bond acceptors (Lipinski definition) is 6. The Bertz CT molecular complexity index is 1480. The second kappa shape index (κ2) is 66.1. The van der Waals surface area contributed by atoms with E-state index >= 15 is 0 Å². The lowest BCUT2D eigenvalue weighted by Crippen LogP contribution is -2.30. The summed E-state index contributed by atoms with van der Waals surface area (Å²) in [5.74, 6) is -0.910. The molecule has 0 fully saturated rings. The van der Waals surface area contributed by atoms with Gasteiger partial charge in [0, 0.05) is 19.3 Å². The molecule has 0 aliphatic carbocycles. The first-order valence-electron chi connectivity index (χ1n) is 33.6. The van der Waals surface area contributed by atoms with Gasteiger partial charge in [-0.3, -0.25) is 14.4 Å². The van der Waals surface area contributed by atoms with Crippen LogP contribution in [-0.4, -0.2) is 37.2 Å². The lowest BCUT2D eigenvalue weighted by atomic mass is 10.0. The third-order valence-electron chi connectivity index (χ3n) is 14.7. The molecule has 0 rings (SSSR count). The SMILES string of the molecule is CC/C=C\C/C=C\C/C=C\C/C=C\C/C=C\C/C=C\C/C=C\CCCCCC(=O)OC(COC(=O)CCCCCCCCCC)COC(=O)CCCCCCCCCCCCCCCCCCCCCCCCCCCCC. The maximum atomic E-state index is 12.9. The Morgan fingerprint density at radius 1 is 0.269 bits per heavy atom. The van der Waals surface area contributed by atoms with Crippen LogP contribution in [0, 0.1) is 0 Å². The summed E-state index contributed by atoms with van der Waals surface area (Å²) in [6.45, 7) is 6.51. The van der Waals surface area contributed by atoms with Gasteiger partial charge in [-0.2, -0.15) is 0 Å². The van der Waals surface area contributed by atoms with E-state index in [2.05, 4.69) is 106 Å². The molecule has 0 aromatic heterocycles. The van der Waals surface area contributed by atoms with E-state index in [0.29, 0.717) is 19.3 Å². The predicted molar refractivity (Wildman–Crippen MR) is 339 cm³/mol. The molecule has 0 heterocycles. The summed E-state index contributed by atoms with van der Waals surface area (Å²) >= 11 is 0. The van der Waals surface area contributed by atoms with Crippen LogP contribution in [0.4, 0.5) is 0 Å². The molecule has 0 N–H and O–H groups in total. The van der Waals surface area contributed by atoms with Crippen LogP contribution in [0.3, 0.4) is 0 Å². The minimum atomic E-state index is -0.792. The third kappa shape index (κ3) is 63.4. The van der Waals surface area contributed by atoms with Crippen molar-refractivity contribution in [2.24, 2.45) is 0 Å². The van der Waals surface area contributed by atoms with Gasteiger partial charge >= 0.3 is 17.9 Å². The molecule has 0 aromatic rings. The Morgan fingerprint density at radius 2 is 0.500 bits per heavy atom. The van der Waals surface area contributed by atoms with Crippen molar-refractivity contribution in [2.75, 3.05) is 13.2 Å². The zero-order chi connectivity index (χ0) is 56.4. The third-order valence-corrected chi connectivity index (χ3v) is 14.7. The second-order valence-electron chi connectivity index (χ2n) is 22.4. The average molecular weight is 1090 g/mol. The summed E-state index contributed by atoms with van der Waals surface area (Å²) in [5.41, 5.74) is 0. The monoisotopic (exact) mass is 1090 g/mol. The maximum Gasteiger partial charge on any atom is 0.306 e. The van der Waals surface area contributed by atoms with Gasteiger partial charge in [-0.25, -0.2) is 0 Å². The van der Waals surface area contributed by atoms with Crippen LogP contribution < -0.4 is 0 Å². The first-order valence-corrected chi connectivity index (χ1v) is 33.6. The van der Waals surface area contributed by atoms with Crippen LogP contribution in [0.2, 0.25) is 0 Å². The number of esters is 3. The second-order valence-corrected chi connectivity index (χ2v) is 22.4. The normalized spacial score (nSPS) is 12.6. The molecule has 0 amide bonds. The van der Waals surface area contributed by atoms with Crippen LogP contribution in [-0.2, 0) is 28.6 Å². The van der Waals surface area contributed by atoms with Gasteiger partial charge in [0.2, 0.25) is 0 Å². The topological polar surface area (TPSA) is 78.9 Å². The lowest BCUT2D eigenvalue weighted by Gasteiger charge is -2.18. The molecular weight excluding hydrogens is 961 g/mol. The molecule has 0 aliphatic heterocycles. The Morgan fingerprint density at radius 3 is 0.782 bits per heavy atom. The zero-order valence-corrected chi connectivity index (χ0v) is 51.7. The van der Waals surface area contributed by atoms with Crippen molar-refractivity contribution < 1.29 is 28.6 Å². The largest absolute Gasteiger partial charge is 0.462 e. The van der Waals surface area contributed by atoms with Gasteiger partial charge in [0.15, 0.2) is 6.10 Å². The predicted octanol–water partition coefficient (Wildman–Crippen LogP) is 23.1. The number of hydrogen-bond donors (Lipinski definition) is 0. The highest BCUT2D eigenvalue weighted by molar-refractivity contribution is 5.71. The molecule has 0 aliphatic rings. The van der Waals surface area contributed by atoms with Gasteiger partial charge in [0.25, 0.3) is 0 Å². The van der Waals surface area contributed by atoms with E-state index in [4.69, 9.17) is 14.2 Å². The fourth-order valence-electron chi connectivity index (χ4n) is 9.66. The Balaban J connectivity index is 4.19. The van der Waals surface area contributed by atoms with Gasteiger partial charge < -0.3 is 14.2 Å². The summed E-state index contributed by atoms with van der Waals surface area (Å²) < 4.78 is 16.9. The molecule has 6 nitrogen and oxygen atoms in total. The minimum absolute atomic E-state index is 0.0866. The standard InChI is InChI=1S/C72H126O6/c1-4-7-10-13-16-19-21-23-25-27-29-31-33-35-36-38-39-41-43-45-47-49-51-53-56-59-62-65-71(74)77-68-69(67-76-70(73)64-61-58-55-18-15-12-9-6-3)78-72(75)66-63-60-57-54-52-50-48-46-44-42-40-37-34-32-30-28-26-24-22-20-17-14-11-8-5-2/h8,11,17,20,24,26,30,32,37,40,44,46,50,52,69H,4-7,9-10,12-16,18-19,21-23,25,27-29,31,33-36,38-39,41-43,45,47-49,51,53-68H2,1-3H3/b11-8-,20-17-,26-24-,32-30-,40-37-,46-44-,52-50-. The molecule has 1 unspecified atom stereocenters. The molecule has 1 atom stereocenters. The first-order chi connectivity index (χ1) is 38.5. The van der Waals surface area contributed by atoms with Crippen molar-refractivity contribution in [3.63, 3.8) is 0 Å². The van der Waals surface area contributed by atoms with Crippen molar-refractivity contribution in [1.82, 2.24) is 0 Å². The van der Waals surface area contributed by atoms with Crippen molar-refractivity contribution in [3.05, 3.63) is 85.1 Å². The summed E-state index contributed by atoms with van der Waals surface area (Å²) in [5, 5.41) is 0. The van der Waals surface area contributed by atoms with Crippen LogP contribution in [0.1, 0.15) is 335 Å². The first kappa shape index (κ1) is 74.6. The molecule has 0 spiro atoms. The van der Waals surface area contributed by atoms with Crippen molar-refractivity contribution in [1.29, 1.82) is 0 Å². The molecule has 450 valence electrons. The Labute approximate surface area is 484 Å². The lowest BCUT2D eigenvalue weighted by molar-refractivity contribution is -0.167. The van der Waals surface area contributed by atoms with Gasteiger partial charge in [-0.05, 0) is 77.0 Å². The van der Waals surface area contributed by atoms with E-state index in [-0.39, 0.29) is 31.1 Å². The molecule has 0 aromatic carbocycles. The number of rotatable bonds is 61. The molecule has 6 heteroatoms. The number of ether oxygens (including phenoxy) is 3. The van der Waals surface area contributed by atoms with Crippen molar-refractivity contribution in [2.45, 2.75) is 341 Å². The zero-order valence-electron chi connectivity index (χ0n) is 51.7. The minimum Gasteiger partial charge on any atom is -0.462 e. The van der Waals surface area contributed by atoms with Crippen LogP contribution in [0.25, 0.3) is 0 Å². The van der Waals surface area contributed by atoms with Crippen molar-refractivity contribution in [3.8, 4) is 0 Å². The van der Waals surface area contributed by atoms with E-state index < -0.39 is 6.10 Å². The highest BCUT2D eigenvalue weighted by Crippen LogP contribution is 2.18. The van der Waals surface area contributed by atoms with E-state index in [1.807, 2.05) is 0 Å². The van der Waals surface area contributed by atoms with E-state index in [1.165, 1.54) is 186 Å². The highest BCUT2D eigenvalue weighted by atomic mass is 16.6. The summed E-state index contributed by atoms with van der Waals surface area (Å²) in [4.78, 5) is 38.2. The van der Waals surface area contributed by atoms with Crippen LogP contribution in [0.5, 0.6) is 0 Å². The summed E-state index contributed by atoms with van der Waals surface area (Å²) in [6, 6.07) is 0. The van der Waals surface area contributed by atoms with E-state index in [0.717, 1.165) is 109 Å². The van der Waals surface area contributed by atoms with Gasteiger partial charge in [0.05, 0.1) is 0 Å².